The second-order valence-corrected chi connectivity index (χ2v) is 14.7. The van der Waals surface area contributed by atoms with Gasteiger partial charge in [0.15, 0.2) is 0 Å². The summed E-state index contributed by atoms with van der Waals surface area (Å²) in [4.78, 5) is 12.1. The molecule has 0 aliphatic rings. The Balaban J connectivity index is 2.32. The van der Waals surface area contributed by atoms with Gasteiger partial charge in [-0.2, -0.15) is 0 Å². The third-order valence-electron chi connectivity index (χ3n) is 5.03. The van der Waals surface area contributed by atoms with Crippen LogP contribution in [0.1, 0.15) is 34.1 Å². The van der Waals surface area contributed by atoms with Crippen LogP contribution < -0.4 is 20.8 Å². The third-order valence-corrected chi connectivity index (χ3v) is 11.3. The molecule has 2 rings (SSSR count). The molecule has 0 aliphatic heterocycles. The predicted octanol–water partition coefficient (Wildman–Crippen LogP) is 1.75. The van der Waals surface area contributed by atoms with Crippen LogP contribution in [0.4, 0.5) is 0 Å². The normalized spacial score (nSPS) is 13.6. The number of carbonyl (C=O) groups excluding carboxylic acids is 1. The van der Waals surface area contributed by atoms with Crippen molar-refractivity contribution in [3.63, 3.8) is 0 Å². The first kappa shape index (κ1) is 24.3. The molecule has 0 saturated carbocycles. The smallest absolute Gasteiger partial charge is 0.261 e. The minimum absolute atomic E-state index is 0.128. The lowest BCUT2D eigenvalue weighted by Gasteiger charge is -2.43. The average Bonchev–Trinajstić information content (AvgIpc) is 2.68. The number of nitrogens with one attached hydrogen (secondary N) is 1. The maximum Gasteiger partial charge on any atom is 0.261 e. The van der Waals surface area contributed by atoms with Crippen molar-refractivity contribution in [2.75, 3.05) is 12.4 Å². The number of amides is 1. The van der Waals surface area contributed by atoms with Crippen molar-refractivity contribution in [3.05, 3.63) is 60.7 Å². The molecule has 1 atom stereocenters. The van der Waals surface area contributed by atoms with Gasteiger partial charge in [-0.05, 0) is 22.3 Å². The summed E-state index contributed by atoms with van der Waals surface area (Å²) < 4.78 is 31.9. The molecule has 1 unspecified atom stereocenters. The zero-order chi connectivity index (χ0) is 22.4. The van der Waals surface area contributed by atoms with Crippen molar-refractivity contribution in [2.45, 2.75) is 45.2 Å². The van der Waals surface area contributed by atoms with Gasteiger partial charge < -0.3 is 10.2 Å². The Kier molecular flexibility index (Phi) is 7.98. The van der Waals surface area contributed by atoms with E-state index in [4.69, 9.17) is 10.2 Å². The van der Waals surface area contributed by atoms with Gasteiger partial charge in [-0.1, -0.05) is 81.4 Å². The molecular weight excluding hydrogens is 416 g/mol. The zero-order valence-corrected chi connectivity index (χ0v) is 19.9. The van der Waals surface area contributed by atoms with Gasteiger partial charge in [-0.25, -0.2) is 8.42 Å². The van der Waals surface area contributed by atoms with E-state index in [0.717, 1.165) is 10.4 Å². The van der Waals surface area contributed by atoms with Crippen molar-refractivity contribution in [3.8, 4) is 0 Å². The molecular formula is C22H32N2O4SSi. The Morgan fingerprint density at radius 3 is 1.90 bits per heavy atom. The van der Waals surface area contributed by atoms with Gasteiger partial charge in [0.1, 0.15) is 0 Å². The van der Waals surface area contributed by atoms with Crippen LogP contribution in [0.25, 0.3) is 0 Å². The standard InChI is InChI=1S/C22H32N2O4SSi/c1-5-29(26,27)24-21(25)16-18(23)17-28-30(22(2,3)4,19-12-8-6-9-13-19)20-14-10-7-11-15-20/h6-15,18H,5,16-17,23H2,1-4H3,(H,24,25). The van der Waals surface area contributed by atoms with Crippen LogP contribution in [0.15, 0.2) is 60.7 Å². The van der Waals surface area contributed by atoms with Crippen LogP contribution in [-0.2, 0) is 19.2 Å². The van der Waals surface area contributed by atoms with Gasteiger partial charge in [0.25, 0.3) is 8.32 Å². The maximum atomic E-state index is 12.1. The van der Waals surface area contributed by atoms with Crippen molar-refractivity contribution >= 4 is 34.6 Å². The molecule has 8 heteroatoms. The molecule has 164 valence electrons. The molecule has 0 spiro atoms. The minimum Gasteiger partial charge on any atom is -0.406 e. The molecule has 0 bridgehead atoms. The van der Waals surface area contributed by atoms with Gasteiger partial charge in [0.2, 0.25) is 15.9 Å². The van der Waals surface area contributed by atoms with Crippen molar-refractivity contribution in [1.82, 2.24) is 4.72 Å². The highest BCUT2D eigenvalue weighted by atomic mass is 32.2. The highest BCUT2D eigenvalue weighted by Crippen LogP contribution is 2.36. The van der Waals surface area contributed by atoms with Gasteiger partial charge >= 0.3 is 0 Å². The lowest BCUT2D eigenvalue weighted by Crippen LogP contribution is -2.67. The van der Waals surface area contributed by atoms with Crippen LogP contribution in [0.2, 0.25) is 5.04 Å². The number of hydrogen-bond donors (Lipinski definition) is 2. The third kappa shape index (κ3) is 5.78. The summed E-state index contributed by atoms with van der Waals surface area (Å²) in [5, 5.41) is 2.03. The van der Waals surface area contributed by atoms with E-state index in [0.29, 0.717) is 0 Å². The first-order chi connectivity index (χ1) is 14.0. The molecule has 0 aromatic heterocycles. The molecule has 3 N–H and O–H groups in total. The highest BCUT2D eigenvalue weighted by Gasteiger charge is 2.50. The molecule has 0 saturated heterocycles. The number of sulfonamides is 1. The topological polar surface area (TPSA) is 98.5 Å². The molecule has 2 aromatic rings. The van der Waals surface area contributed by atoms with Gasteiger partial charge in [0.05, 0.1) is 12.4 Å². The van der Waals surface area contributed by atoms with Crippen molar-refractivity contribution in [1.29, 1.82) is 0 Å². The summed E-state index contributed by atoms with van der Waals surface area (Å²) in [6, 6.07) is 19.6. The van der Waals surface area contributed by atoms with Crippen LogP contribution in [-0.4, -0.2) is 41.0 Å². The first-order valence-electron chi connectivity index (χ1n) is 10.1. The Morgan fingerprint density at radius 2 is 1.50 bits per heavy atom. The molecule has 30 heavy (non-hydrogen) atoms. The summed E-state index contributed by atoms with van der Waals surface area (Å²) in [5.41, 5.74) is 6.18. The lowest BCUT2D eigenvalue weighted by atomic mass is 10.2. The summed E-state index contributed by atoms with van der Waals surface area (Å²) >= 11 is 0. The summed E-state index contributed by atoms with van der Waals surface area (Å²) in [6.45, 7) is 8.09. The summed E-state index contributed by atoms with van der Waals surface area (Å²) in [6.07, 6.45) is -0.128. The van der Waals surface area contributed by atoms with E-state index in [9.17, 15) is 13.2 Å². The van der Waals surface area contributed by atoms with E-state index in [1.807, 2.05) is 41.1 Å². The van der Waals surface area contributed by atoms with Gasteiger partial charge in [0, 0.05) is 12.5 Å². The van der Waals surface area contributed by atoms with Crippen molar-refractivity contribution < 1.29 is 17.6 Å². The SMILES string of the molecule is CCS(=O)(=O)NC(=O)CC(N)CO[Si](c1ccccc1)(c1ccccc1)C(C)(C)C. The predicted molar refractivity (Wildman–Crippen MR) is 124 cm³/mol. The molecule has 0 radical (unpaired) electrons. The zero-order valence-electron chi connectivity index (χ0n) is 18.1. The second-order valence-electron chi connectivity index (χ2n) is 8.37. The molecule has 0 fully saturated rings. The lowest BCUT2D eigenvalue weighted by molar-refractivity contribution is -0.119. The van der Waals surface area contributed by atoms with Crippen molar-refractivity contribution in [2.24, 2.45) is 5.73 Å². The number of hydrogen-bond acceptors (Lipinski definition) is 5. The fourth-order valence-corrected chi connectivity index (χ4v) is 8.77. The van der Waals surface area contributed by atoms with Crippen LogP contribution in [0, 0.1) is 0 Å². The molecule has 2 aromatic carbocycles. The van der Waals surface area contributed by atoms with E-state index < -0.39 is 30.3 Å². The number of carbonyl (C=O) groups is 1. The van der Waals surface area contributed by atoms with Crippen LogP contribution in [0.3, 0.4) is 0 Å². The molecule has 1 amide bonds. The summed E-state index contributed by atoms with van der Waals surface area (Å²) in [5.74, 6) is -0.776. The quantitative estimate of drug-likeness (QED) is 0.570. The minimum atomic E-state index is -3.60. The van der Waals surface area contributed by atoms with E-state index in [1.54, 1.807) is 0 Å². The van der Waals surface area contributed by atoms with Crippen LogP contribution >= 0.6 is 0 Å². The van der Waals surface area contributed by atoms with E-state index in [-0.39, 0.29) is 23.8 Å². The fourth-order valence-electron chi connectivity index (χ4n) is 3.58. The molecule has 0 aliphatic carbocycles. The fraction of sp³-hybridized carbons (Fsp3) is 0.409. The second kappa shape index (κ2) is 9.87. The van der Waals surface area contributed by atoms with E-state index >= 15 is 0 Å². The monoisotopic (exact) mass is 448 g/mol. The largest absolute Gasteiger partial charge is 0.406 e. The van der Waals surface area contributed by atoms with E-state index in [1.165, 1.54) is 6.92 Å². The Labute approximate surface area is 181 Å². The first-order valence-corrected chi connectivity index (χ1v) is 13.6. The number of rotatable bonds is 9. The maximum absolute atomic E-state index is 12.1. The Hall–Kier alpha value is -2.00. The Bertz CT molecular complexity index is 889. The van der Waals surface area contributed by atoms with Gasteiger partial charge in [-0.3, -0.25) is 9.52 Å². The van der Waals surface area contributed by atoms with Gasteiger partial charge in [-0.15, -0.1) is 0 Å². The average molecular weight is 449 g/mol. The summed E-state index contributed by atoms with van der Waals surface area (Å²) in [7, 11) is -6.35. The Morgan fingerprint density at radius 1 is 1.03 bits per heavy atom. The van der Waals surface area contributed by atoms with Crippen LogP contribution in [0.5, 0.6) is 0 Å². The number of nitrogens with two attached hydrogens (primary N) is 1. The molecule has 6 nitrogen and oxygen atoms in total. The number of benzene rings is 2. The molecule has 0 heterocycles. The highest BCUT2D eigenvalue weighted by molar-refractivity contribution is 7.90. The van der Waals surface area contributed by atoms with E-state index in [2.05, 4.69) is 45.0 Å².